The predicted octanol–water partition coefficient (Wildman–Crippen LogP) is 2.14. The van der Waals surface area contributed by atoms with E-state index in [0.29, 0.717) is 18.1 Å². The smallest absolute Gasteiger partial charge is 0.410 e. The average Bonchev–Trinajstić information content (AvgIpc) is 2.52. The fourth-order valence-electron chi connectivity index (χ4n) is 2.95. The molecule has 0 unspecified atom stereocenters. The lowest BCUT2D eigenvalue weighted by molar-refractivity contribution is 0.00400. The summed E-state index contributed by atoms with van der Waals surface area (Å²) in [6.07, 6.45) is 3.14. The molecule has 0 aromatic carbocycles. The number of carbonyl (C=O) groups is 1. The van der Waals surface area contributed by atoms with Gasteiger partial charge in [0.2, 0.25) is 0 Å². The lowest BCUT2D eigenvalue weighted by atomic mass is 10.0. The summed E-state index contributed by atoms with van der Waals surface area (Å²) in [5.74, 6) is 0. The molecule has 17 heavy (non-hydrogen) atoms. The first-order valence-corrected chi connectivity index (χ1v) is 6.67. The highest BCUT2D eigenvalue weighted by Gasteiger charge is 2.45. The second-order valence-electron chi connectivity index (χ2n) is 6.11. The lowest BCUT2D eigenvalue weighted by Crippen LogP contribution is -2.60. The van der Waals surface area contributed by atoms with E-state index in [1.807, 2.05) is 25.7 Å². The van der Waals surface area contributed by atoms with Gasteiger partial charge in [-0.2, -0.15) is 0 Å². The third kappa shape index (κ3) is 2.57. The van der Waals surface area contributed by atoms with E-state index in [9.17, 15) is 4.79 Å². The molecule has 2 rings (SSSR count). The molecule has 2 bridgehead atoms. The summed E-state index contributed by atoms with van der Waals surface area (Å²) in [4.78, 5) is 14.2. The number of piperazine rings is 1. The van der Waals surface area contributed by atoms with Gasteiger partial charge in [0, 0.05) is 18.6 Å². The molecule has 0 aliphatic carbocycles. The fraction of sp³-hybridized carbons (Fsp3) is 0.923. The molecule has 4 nitrogen and oxygen atoms in total. The minimum Gasteiger partial charge on any atom is -0.444 e. The third-order valence-electron chi connectivity index (χ3n) is 3.67. The third-order valence-corrected chi connectivity index (χ3v) is 3.67. The van der Waals surface area contributed by atoms with Crippen molar-refractivity contribution in [1.82, 2.24) is 10.2 Å². The van der Waals surface area contributed by atoms with Gasteiger partial charge in [0.15, 0.2) is 0 Å². The van der Waals surface area contributed by atoms with Gasteiger partial charge < -0.3 is 10.1 Å². The highest BCUT2D eigenvalue weighted by molar-refractivity contribution is 5.70. The van der Waals surface area contributed by atoms with Crippen molar-refractivity contribution in [3.05, 3.63) is 0 Å². The monoisotopic (exact) mass is 240 g/mol. The Balaban J connectivity index is 2.07. The van der Waals surface area contributed by atoms with Crippen LogP contribution in [0.5, 0.6) is 0 Å². The summed E-state index contributed by atoms with van der Waals surface area (Å²) in [5, 5.41) is 3.53. The Morgan fingerprint density at radius 1 is 1.41 bits per heavy atom. The molecule has 1 amide bonds. The van der Waals surface area contributed by atoms with Crippen LogP contribution in [0.25, 0.3) is 0 Å². The van der Waals surface area contributed by atoms with Gasteiger partial charge in [-0.25, -0.2) is 4.79 Å². The summed E-state index contributed by atoms with van der Waals surface area (Å²) in [6.45, 7) is 8.85. The molecule has 0 radical (unpaired) electrons. The summed E-state index contributed by atoms with van der Waals surface area (Å²) >= 11 is 0. The highest BCUT2D eigenvalue weighted by Crippen LogP contribution is 2.32. The Labute approximate surface area is 104 Å². The van der Waals surface area contributed by atoms with Crippen LogP contribution >= 0.6 is 0 Å². The molecule has 2 aliphatic heterocycles. The Morgan fingerprint density at radius 2 is 2.12 bits per heavy atom. The zero-order chi connectivity index (χ0) is 12.6. The van der Waals surface area contributed by atoms with Gasteiger partial charge in [0.1, 0.15) is 5.60 Å². The van der Waals surface area contributed by atoms with Crippen molar-refractivity contribution in [1.29, 1.82) is 0 Å². The van der Waals surface area contributed by atoms with Crippen LogP contribution in [0.3, 0.4) is 0 Å². The van der Waals surface area contributed by atoms with E-state index in [4.69, 9.17) is 4.74 Å². The first kappa shape index (κ1) is 12.7. The highest BCUT2D eigenvalue weighted by atomic mass is 16.6. The van der Waals surface area contributed by atoms with E-state index < -0.39 is 5.60 Å². The van der Waals surface area contributed by atoms with Crippen LogP contribution in [-0.2, 0) is 4.74 Å². The molecule has 2 aliphatic rings. The molecule has 98 valence electrons. The summed E-state index contributed by atoms with van der Waals surface area (Å²) in [7, 11) is 0. The zero-order valence-corrected chi connectivity index (χ0v) is 11.3. The maximum Gasteiger partial charge on any atom is 0.410 e. The van der Waals surface area contributed by atoms with Crippen molar-refractivity contribution < 1.29 is 9.53 Å². The van der Waals surface area contributed by atoms with E-state index in [1.54, 1.807) is 0 Å². The van der Waals surface area contributed by atoms with E-state index >= 15 is 0 Å². The molecule has 0 aromatic heterocycles. The standard InChI is InChI=1S/C13H24N2O2/c1-5-10-11-7-6-9(8-14-10)15(11)12(16)17-13(2,3)4/h9-11,14H,5-8H2,1-4H3/t9-,10-,11+/m1/s1. The van der Waals surface area contributed by atoms with Gasteiger partial charge in [-0.05, 0) is 40.0 Å². The van der Waals surface area contributed by atoms with Crippen molar-refractivity contribution >= 4 is 6.09 Å². The van der Waals surface area contributed by atoms with Crippen LogP contribution in [0.4, 0.5) is 4.79 Å². The molecule has 0 spiro atoms. The van der Waals surface area contributed by atoms with Crippen molar-refractivity contribution in [3.63, 3.8) is 0 Å². The number of carbonyl (C=O) groups excluding carboxylic acids is 1. The first-order valence-electron chi connectivity index (χ1n) is 6.67. The molecule has 2 fully saturated rings. The second-order valence-corrected chi connectivity index (χ2v) is 6.11. The molecule has 4 heteroatoms. The second kappa shape index (κ2) is 4.48. The normalized spacial score (nSPS) is 32.7. The Hall–Kier alpha value is -0.770. The van der Waals surface area contributed by atoms with Gasteiger partial charge in [0.25, 0.3) is 0 Å². The SMILES string of the molecule is CC[C@H]1NC[C@H]2CC[C@@H]1N2C(=O)OC(C)(C)C. The molecular formula is C13H24N2O2. The Kier molecular flexibility index (Phi) is 3.34. The predicted molar refractivity (Wildman–Crippen MR) is 67.0 cm³/mol. The first-order chi connectivity index (χ1) is 7.92. The minimum atomic E-state index is -0.400. The molecule has 2 saturated heterocycles. The van der Waals surface area contributed by atoms with Crippen LogP contribution in [-0.4, -0.2) is 41.3 Å². The fourth-order valence-corrected chi connectivity index (χ4v) is 2.95. The van der Waals surface area contributed by atoms with Crippen molar-refractivity contribution in [3.8, 4) is 0 Å². The number of fused-ring (bicyclic) bond motifs is 2. The molecule has 0 saturated carbocycles. The van der Waals surface area contributed by atoms with E-state index in [-0.39, 0.29) is 6.09 Å². The van der Waals surface area contributed by atoms with Gasteiger partial charge in [-0.3, -0.25) is 4.90 Å². The number of nitrogens with one attached hydrogen (secondary N) is 1. The van der Waals surface area contributed by atoms with Gasteiger partial charge >= 0.3 is 6.09 Å². The Bertz CT molecular complexity index is 298. The average molecular weight is 240 g/mol. The molecule has 3 atom stereocenters. The molecular weight excluding hydrogens is 216 g/mol. The summed E-state index contributed by atoms with van der Waals surface area (Å²) < 4.78 is 5.51. The number of nitrogens with zero attached hydrogens (tertiary/aromatic N) is 1. The minimum absolute atomic E-state index is 0.134. The van der Waals surface area contributed by atoms with Gasteiger partial charge in [-0.15, -0.1) is 0 Å². The molecule has 2 heterocycles. The van der Waals surface area contributed by atoms with Crippen molar-refractivity contribution in [2.24, 2.45) is 0 Å². The van der Waals surface area contributed by atoms with Crippen LogP contribution < -0.4 is 5.32 Å². The van der Waals surface area contributed by atoms with Crippen LogP contribution in [0, 0.1) is 0 Å². The quantitative estimate of drug-likeness (QED) is 0.763. The van der Waals surface area contributed by atoms with Crippen LogP contribution in [0.2, 0.25) is 0 Å². The van der Waals surface area contributed by atoms with E-state index in [2.05, 4.69) is 12.2 Å². The van der Waals surface area contributed by atoms with Gasteiger partial charge in [0.05, 0.1) is 6.04 Å². The number of rotatable bonds is 1. The molecule has 1 N–H and O–H groups in total. The number of amides is 1. The van der Waals surface area contributed by atoms with E-state index in [0.717, 1.165) is 25.8 Å². The topological polar surface area (TPSA) is 41.6 Å². The maximum absolute atomic E-state index is 12.2. The summed E-state index contributed by atoms with van der Waals surface area (Å²) in [6, 6.07) is 1.09. The van der Waals surface area contributed by atoms with Crippen LogP contribution in [0.15, 0.2) is 0 Å². The number of ether oxygens (including phenoxy) is 1. The Morgan fingerprint density at radius 3 is 2.71 bits per heavy atom. The van der Waals surface area contributed by atoms with Crippen LogP contribution in [0.1, 0.15) is 47.0 Å². The summed E-state index contributed by atoms with van der Waals surface area (Å²) in [5.41, 5.74) is -0.400. The number of hydrogen-bond acceptors (Lipinski definition) is 3. The van der Waals surface area contributed by atoms with Crippen molar-refractivity contribution in [2.75, 3.05) is 6.54 Å². The molecule has 0 aromatic rings. The maximum atomic E-state index is 12.2. The van der Waals surface area contributed by atoms with Crippen molar-refractivity contribution in [2.45, 2.75) is 70.7 Å². The zero-order valence-electron chi connectivity index (χ0n) is 11.3. The largest absolute Gasteiger partial charge is 0.444 e. The van der Waals surface area contributed by atoms with Gasteiger partial charge in [-0.1, -0.05) is 6.92 Å². The van der Waals surface area contributed by atoms with E-state index in [1.165, 1.54) is 0 Å². The number of hydrogen-bond donors (Lipinski definition) is 1. The lowest BCUT2D eigenvalue weighted by Gasteiger charge is -2.40.